The molecule has 1 aliphatic carbocycles. The van der Waals surface area contributed by atoms with Crippen molar-refractivity contribution in [3.8, 4) is 0 Å². The average molecular weight is 218 g/mol. The van der Waals surface area contributed by atoms with Gasteiger partial charge in [0.2, 0.25) is 6.43 Å². The molecule has 15 heavy (non-hydrogen) atoms. The SMILES string of the molecule is CC(C)C1CCC(C(F)F)CC1C(C)C. The van der Waals surface area contributed by atoms with Crippen LogP contribution in [0, 0.1) is 29.6 Å². The molecule has 1 saturated carbocycles. The van der Waals surface area contributed by atoms with Crippen LogP contribution >= 0.6 is 0 Å². The van der Waals surface area contributed by atoms with Gasteiger partial charge in [0.25, 0.3) is 0 Å². The van der Waals surface area contributed by atoms with E-state index in [0.29, 0.717) is 23.7 Å². The molecular formula is C13H24F2. The molecule has 0 aromatic carbocycles. The minimum Gasteiger partial charge on any atom is -0.210 e. The Bertz CT molecular complexity index is 187. The second-order valence-electron chi connectivity index (χ2n) is 5.72. The Morgan fingerprint density at radius 3 is 1.80 bits per heavy atom. The number of rotatable bonds is 3. The zero-order chi connectivity index (χ0) is 11.6. The maximum atomic E-state index is 12.7. The first-order valence-corrected chi connectivity index (χ1v) is 6.21. The summed E-state index contributed by atoms with van der Waals surface area (Å²) in [7, 11) is 0. The molecule has 0 radical (unpaired) electrons. The molecule has 1 fully saturated rings. The lowest BCUT2D eigenvalue weighted by Crippen LogP contribution is -2.34. The fourth-order valence-electron chi connectivity index (χ4n) is 3.09. The van der Waals surface area contributed by atoms with Gasteiger partial charge in [-0.15, -0.1) is 0 Å². The number of halogens is 2. The van der Waals surface area contributed by atoms with Gasteiger partial charge in [-0.05, 0) is 42.9 Å². The summed E-state index contributed by atoms with van der Waals surface area (Å²) >= 11 is 0. The van der Waals surface area contributed by atoms with Crippen LogP contribution in [-0.2, 0) is 0 Å². The maximum absolute atomic E-state index is 12.7. The van der Waals surface area contributed by atoms with Crippen LogP contribution in [0.1, 0.15) is 47.0 Å². The Morgan fingerprint density at radius 2 is 1.40 bits per heavy atom. The molecule has 0 aromatic heterocycles. The van der Waals surface area contributed by atoms with Crippen LogP contribution < -0.4 is 0 Å². The molecule has 2 heteroatoms. The van der Waals surface area contributed by atoms with Gasteiger partial charge in [0, 0.05) is 5.92 Å². The molecule has 0 N–H and O–H groups in total. The van der Waals surface area contributed by atoms with Gasteiger partial charge in [-0.25, -0.2) is 8.78 Å². The van der Waals surface area contributed by atoms with E-state index < -0.39 is 6.43 Å². The van der Waals surface area contributed by atoms with Gasteiger partial charge in [0.15, 0.2) is 0 Å². The van der Waals surface area contributed by atoms with Crippen molar-refractivity contribution in [2.45, 2.75) is 53.4 Å². The number of alkyl halides is 2. The highest BCUT2D eigenvalue weighted by atomic mass is 19.3. The third kappa shape index (κ3) is 3.15. The van der Waals surface area contributed by atoms with Crippen LogP contribution in [0.5, 0.6) is 0 Å². The standard InChI is InChI=1S/C13H24F2/c1-8(2)11-6-5-10(13(14)15)7-12(11)9(3)4/h8-13H,5-7H2,1-4H3. The number of hydrogen-bond donors (Lipinski definition) is 0. The van der Waals surface area contributed by atoms with Gasteiger partial charge in [0.05, 0.1) is 0 Å². The average Bonchev–Trinajstić information content (AvgIpc) is 2.16. The lowest BCUT2D eigenvalue weighted by molar-refractivity contribution is 0.00419. The monoisotopic (exact) mass is 218 g/mol. The highest BCUT2D eigenvalue weighted by Crippen LogP contribution is 2.43. The van der Waals surface area contributed by atoms with Crippen molar-refractivity contribution in [2.24, 2.45) is 29.6 Å². The largest absolute Gasteiger partial charge is 0.241 e. The lowest BCUT2D eigenvalue weighted by atomic mass is 9.66. The maximum Gasteiger partial charge on any atom is 0.241 e. The summed E-state index contributed by atoms with van der Waals surface area (Å²) in [6.45, 7) is 8.80. The molecule has 3 unspecified atom stereocenters. The fraction of sp³-hybridized carbons (Fsp3) is 1.00. The van der Waals surface area contributed by atoms with Crippen molar-refractivity contribution in [2.75, 3.05) is 0 Å². The summed E-state index contributed by atoms with van der Waals surface area (Å²) < 4.78 is 25.4. The predicted octanol–water partition coefficient (Wildman–Crippen LogP) is 4.60. The summed E-state index contributed by atoms with van der Waals surface area (Å²) in [6.07, 6.45) is 0.344. The summed E-state index contributed by atoms with van der Waals surface area (Å²) in [5, 5.41) is 0. The van der Waals surface area contributed by atoms with E-state index in [2.05, 4.69) is 27.7 Å². The van der Waals surface area contributed by atoms with E-state index in [0.717, 1.165) is 19.3 Å². The Hall–Kier alpha value is -0.140. The Balaban J connectivity index is 2.65. The van der Waals surface area contributed by atoms with Crippen molar-refractivity contribution in [1.29, 1.82) is 0 Å². The molecule has 0 heterocycles. The third-order valence-electron chi connectivity index (χ3n) is 4.06. The molecule has 1 aliphatic rings. The zero-order valence-corrected chi connectivity index (χ0v) is 10.3. The van der Waals surface area contributed by atoms with E-state index in [1.807, 2.05) is 0 Å². The van der Waals surface area contributed by atoms with Gasteiger partial charge < -0.3 is 0 Å². The van der Waals surface area contributed by atoms with Crippen molar-refractivity contribution in [3.63, 3.8) is 0 Å². The van der Waals surface area contributed by atoms with E-state index >= 15 is 0 Å². The summed E-state index contributed by atoms with van der Waals surface area (Å²) in [4.78, 5) is 0. The van der Waals surface area contributed by atoms with Crippen LogP contribution in [0.25, 0.3) is 0 Å². The number of hydrogen-bond acceptors (Lipinski definition) is 0. The van der Waals surface area contributed by atoms with Gasteiger partial charge in [0.1, 0.15) is 0 Å². The molecule has 3 atom stereocenters. The van der Waals surface area contributed by atoms with E-state index in [1.54, 1.807) is 0 Å². The molecule has 1 rings (SSSR count). The first kappa shape index (κ1) is 12.9. The quantitative estimate of drug-likeness (QED) is 0.649. The molecule has 0 amide bonds. The van der Waals surface area contributed by atoms with Crippen LogP contribution in [0.3, 0.4) is 0 Å². The molecule has 0 bridgehead atoms. The van der Waals surface area contributed by atoms with Crippen molar-refractivity contribution >= 4 is 0 Å². The summed E-state index contributed by atoms with van der Waals surface area (Å²) in [6, 6.07) is 0. The van der Waals surface area contributed by atoms with Gasteiger partial charge >= 0.3 is 0 Å². The highest BCUT2D eigenvalue weighted by Gasteiger charge is 2.36. The molecule has 0 aromatic rings. The van der Waals surface area contributed by atoms with Crippen LogP contribution in [0.15, 0.2) is 0 Å². The second kappa shape index (κ2) is 5.27. The lowest BCUT2D eigenvalue weighted by Gasteiger charge is -2.40. The summed E-state index contributed by atoms with van der Waals surface area (Å²) in [5.41, 5.74) is 0. The zero-order valence-electron chi connectivity index (χ0n) is 10.3. The molecular weight excluding hydrogens is 194 g/mol. The second-order valence-corrected chi connectivity index (χ2v) is 5.72. The molecule has 0 saturated heterocycles. The van der Waals surface area contributed by atoms with Crippen LogP contribution in [-0.4, -0.2) is 6.43 Å². The Kier molecular flexibility index (Phi) is 4.54. The normalized spacial score (nSPS) is 33.0. The minimum absolute atomic E-state index is 0.340. The van der Waals surface area contributed by atoms with Crippen molar-refractivity contribution in [3.05, 3.63) is 0 Å². The minimum atomic E-state index is -2.11. The molecule has 90 valence electrons. The first-order chi connectivity index (χ1) is 6.93. The third-order valence-corrected chi connectivity index (χ3v) is 4.06. The topological polar surface area (TPSA) is 0 Å². The van der Waals surface area contributed by atoms with Gasteiger partial charge in [-0.2, -0.15) is 0 Å². The summed E-state index contributed by atoms with van der Waals surface area (Å²) in [5.74, 6) is 1.99. The molecule has 0 aliphatic heterocycles. The first-order valence-electron chi connectivity index (χ1n) is 6.21. The van der Waals surface area contributed by atoms with E-state index in [-0.39, 0.29) is 5.92 Å². The van der Waals surface area contributed by atoms with E-state index in [1.165, 1.54) is 0 Å². The van der Waals surface area contributed by atoms with E-state index in [4.69, 9.17) is 0 Å². The fourth-order valence-corrected chi connectivity index (χ4v) is 3.09. The highest BCUT2D eigenvalue weighted by molar-refractivity contribution is 4.84. The van der Waals surface area contributed by atoms with Crippen LogP contribution in [0.4, 0.5) is 8.78 Å². The van der Waals surface area contributed by atoms with Crippen molar-refractivity contribution < 1.29 is 8.78 Å². The van der Waals surface area contributed by atoms with Gasteiger partial charge in [-0.1, -0.05) is 27.7 Å². The van der Waals surface area contributed by atoms with Crippen molar-refractivity contribution in [1.82, 2.24) is 0 Å². The van der Waals surface area contributed by atoms with E-state index in [9.17, 15) is 8.78 Å². The Morgan fingerprint density at radius 1 is 0.867 bits per heavy atom. The van der Waals surface area contributed by atoms with Crippen LogP contribution in [0.2, 0.25) is 0 Å². The smallest absolute Gasteiger partial charge is 0.210 e. The molecule has 0 nitrogen and oxygen atoms in total. The Labute approximate surface area is 92.4 Å². The van der Waals surface area contributed by atoms with Gasteiger partial charge in [-0.3, -0.25) is 0 Å². The molecule has 0 spiro atoms. The predicted molar refractivity (Wildman–Crippen MR) is 60.0 cm³/mol.